The summed E-state index contributed by atoms with van der Waals surface area (Å²) < 4.78 is 5.80. The summed E-state index contributed by atoms with van der Waals surface area (Å²) in [5, 5.41) is 0. The molecule has 0 bridgehead atoms. The van der Waals surface area contributed by atoms with Crippen molar-refractivity contribution in [3.8, 4) is 0 Å². The second-order valence-corrected chi connectivity index (χ2v) is 2.79. The minimum absolute atomic E-state index is 0.557. The zero-order valence-electron chi connectivity index (χ0n) is 5.51. The van der Waals surface area contributed by atoms with Gasteiger partial charge in [0, 0.05) is 4.47 Å². The summed E-state index contributed by atoms with van der Waals surface area (Å²) in [6.45, 7) is 0.557. The van der Waals surface area contributed by atoms with Crippen LogP contribution in [0, 0.1) is 7.11 Å². The monoisotopic (exact) mass is 199 g/mol. The standard InChI is InChI=1S/C8H8BrO/c1-10-6-7-4-2-3-5-8(7)9/h2-5H,1,6H2. The smallest absolute Gasteiger partial charge is 0.0728 e. The van der Waals surface area contributed by atoms with Crippen molar-refractivity contribution in [2.75, 3.05) is 0 Å². The highest BCUT2D eigenvalue weighted by atomic mass is 79.9. The topological polar surface area (TPSA) is 9.23 Å². The molecule has 1 nitrogen and oxygen atoms in total. The molecule has 0 aliphatic carbocycles. The molecule has 53 valence electrons. The van der Waals surface area contributed by atoms with Crippen LogP contribution in [0.3, 0.4) is 0 Å². The number of rotatable bonds is 2. The number of hydrogen-bond donors (Lipinski definition) is 0. The van der Waals surface area contributed by atoms with Gasteiger partial charge in [0.1, 0.15) is 0 Å². The lowest BCUT2D eigenvalue weighted by atomic mass is 10.2. The van der Waals surface area contributed by atoms with Crippen molar-refractivity contribution in [1.82, 2.24) is 0 Å². The van der Waals surface area contributed by atoms with E-state index >= 15 is 0 Å². The van der Waals surface area contributed by atoms with E-state index in [1.54, 1.807) is 0 Å². The zero-order chi connectivity index (χ0) is 7.40. The van der Waals surface area contributed by atoms with Crippen LogP contribution in [-0.2, 0) is 11.3 Å². The van der Waals surface area contributed by atoms with Crippen molar-refractivity contribution in [3.05, 3.63) is 41.4 Å². The highest BCUT2D eigenvalue weighted by molar-refractivity contribution is 9.10. The van der Waals surface area contributed by atoms with Crippen LogP contribution in [0.1, 0.15) is 5.56 Å². The Bertz CT molecular complexity index is 210. The summed E-state index contributed by atoms with van der Waals surface area (Å²) in [6.07, 6.45) is 0. The molecule has 1 rings (SSSR count). The Morgan fingerprint density at radius 1 is 1.40 bits per heavy atom. The summed E-state index contributed by atoms with van der Waals surface area (Å²) in [6, 6.07) is 7.92. The van der Waals surface area contributed by atoms with Crippen LogP contribution in [0.15, 0.2) is 28.7 Å². The number of halogens is 1. The number of benzene rings is 1. The third kappa shape index (κ3) is 1.82. The third-order valence-corrected chi connectivity index (χ3v) is 1.99. The van der Waals surface area contributed by atoms with E-state index in [0.29, 0.717) is 6.61 Å². The molecule has 0 fully saturated rings. The lowest BCUT2D eigenvalue weighted by Crippen LogP contribution is -1.85. The van der Waals surface area contributed by atoms with Crippen LogP contribution in [-0.4, -0.2) is 0 Å². The molecule has 0 saturated carbocycles. The van der Waals surface area contributed by atoms with E-state index < -0.39 is 0 Å². The molecule has 10 heavy (non-hydrogen) atoms. The number of hydrogen-bond acceptors (Lipinski definition) is 1. The maximum absolute atomic E-state index is 4.73. The summed E-state index contributed by atoms with van der Waals surface area (Å²) in [5.74, 6) is 0. The maximum Gasteiger partial charge on any atom is 0.0728 e. The minimum Gasteiger partial charge on any atom is -0.374 e. The molecule has 0 aliphatic rings. The van der Waals surface area contributed by atoms with Gasteiger partial charge in [-0.2, -0.15) is 0 Å². The Morgan fingerprint density at radius 3 is 2.70 bits per heavy atom. The van der Waals surface area contributed by atoms with Gasteiger partial charge >= 0.3 is 0 Å². The minimum atomic E-state index is 0.557. The third-order valence-electron chi connectivity index (χ3n) is 1.22. The predicted molar refractivity (Wildman–Crippen MR) is 44.3 cm³/mol. The highest BCUT2D eigenvalue weighted by Gasteiger charge is 1.94. The largest absolute Gasteiger partial charge is 0.374 e. The Labute approximate surface area is 69.1 Å². The molecule has 0 amide bonds. The lowest BCUT2D eigenvalue weighted by Gasteiger charge is -2.00. The van der Waals surface area contributed by atoms with Gasteiger partial charge in [-0.15, -0.1) is 0 Å². The SMILES string of the molecule is [CH2]OCc1ccccc1Br. The van der Waals surface area contributed by atoms with Crippen LogP contribution < -0.4 is 0 Å². The Morgan fingerprint density at radius 2 is 2.10 bits per heavy atom. The van der Waals surface area contributed by atoms with Crippen LogP contribution in [0.5, 0.6) is 0 Å². The van der Waals surface area contributed by atoms with E-state index in [0.717, 1.165) is 10.0 Å². The van der Waals surface area contributed by atoms with Gasteiger partial charge in [0.15, 0.2) is 0 Å². The Hall–Kier alpha value is -0.340. The molecule has 0 N–H and O–H groups in total. The van der Waals surface area contributed by atoms with E-state index in [4.69, 9.17) is 4.74 Å². The molecular weight excluding hydrogens is 192 g/mol. The summed E-state index contributed by atoms with van der Waals surface area (Å²) in [7, 11) is 3.30. The normalized spacial score (nSPS) is 9.80. The van der Waals surface area contributed by atoms with Gasteiger partial charge in [0.05, 0.1) is 13.7 Å². The van der Waals surface area contributed by atoms with Crippen molar-refractivity contribution in [1.29, 1.82) is 0 Å². The fourth-order valence-corrected chi connectivity index (χ4v) is 1.12. The molecule has 2 heteroatoms. The molecule has 0 atom stereocenters. The van der Waals surface area contributed by atoms with E-state index in [1.807, 2.05) is 24.3 Å². The van der Waals surface area contributed by atoms with Gasteiger partial charge < -0.3 is 4.74 Å². The van der Waals surface area contributed by atoms with Crippen LogP contribution in [0.2, 0.25) is 0 Å². The van der Waals surface area contributed by atoms with E-state index in [9.17, 15) is 0 Å². The van der Waals surface area contributed by atoms with Crippen molar-refractivity contribution in [3.63, 3.8) is 0 Å². The van der Waals surface area contributed by atoms with Gasteiger partial charge in [-0.1, -0.05) is 34.1 Å². The fourth-order valence-electron chi connectivity index (χ4n) is 0.725. The molecule has 0 heterocycles. The first-order valence-electron chi connectivity index (χ1n) is 2.95. The molecule has 1 aromatic rings. The van der Waals surface area contributed by atoms with E-state index in [2.05, 4.69) is 23.0 Å². The summed E-state index contributed by atoms with van der Waals surface area (Å²) in [5.41, 5.74) is 1.12. The molecule has 0 saturated heterocycles. The van der Waals surface area contributed by atoms with Crippen molar-refractivity contribution < 1.29 is 4.74 Å². The van der Waals surface area contributed by atoms with Gasteiger partial charge in [0.2, 0.25) is 0 Å². The van der Waals surface area contributed by atoms with E-state index in [1.165, 1.54) is 0 Å². The first kappa shape index (κ1) is 7.76. The molecule has 0 spiro atoms. The Kier molecular flexibility index (Phi) is 2.90. The average molecular weight is 200 g/mol. The number of ether oxygens (including phenoxy) is 1. The Balaban J connectivity index is 2.81. The summed E-state index contributed by atoms with van der Waals surface area (Å²) in [4.78, 5) is 0. The maximum atomic E-state index is 4.73. The highest BCUT2D eigenvalue weighted by Crippen LogP contribution is 2.15. The quantitative estimate of drug-likeness (QED) is 0.713. The van der Waals surface area contributed by atoms with Gasteiger partial charge in [0.25, 0.3) is 0 Å². The first-order valence-corrected chi connectivity index (χ1v) is 3.74. The van der Waals surface area contributed by atoms with Gasteiger partial charge in [-0.25, -0.2) is 0 Å². The van der Waals surface area contributed by atoms with Crippen molar-refractivity contribution in [2.24, 2.45) is 0 Å². The fraction of sp³-hybridized carbons (Fsp3) is 0.125. The second-order valence-electron chi connectivity index (χ2n) is 1.94. The second kappa shape index (κ2) is 3.74. The summed E-state index contributed by atoms with van der Waals surface area (Å²) >= 11 is 3.39. The van der Waals surface area contributed by atoms with E-state index in [-0.39, 0.29) is 0 Å². The molecule has 0 unspecified atom stereocenters. The van der Waals surface area contributed by atoms with Crippen LogP contribution >= 0.6 is 15.9 Å². The van der Waals surface area contributed by atoms with Gasteiger partial charge in [-0.05, 0) is 11.6 Å². The molecule has 0 aromatic heterocycles. The zero-order valence-corrected chi connectivity index (χ0v) is 7.10. The van der Waals surface area contributed by atoms with Crippen LogP contribution in [0.4, 0.5) is 0 Å². The lowest BCUT2D eigenvalue weighted by molar-refractivity contribution is 0.228. The van der Waals surface area contributed by atoms with Gasteiger partial charge in [-0.3, -0.25) is 0 Å². The molecule has 0 aliphatic heterocycles. The molecule has 1 radical (unpaired) electrons. The van der Waals surface area contributed by atoms with Crippen molar-refractivity contribution >= 4 is 15.9 Å². The average Bonchev–Trinajstić information content (AvgIpc) is 1.94. The molecule has 1 aromatic carbocycles. The molecular formula is C8H8BrO. The van der Waals surface area contributed by atoms with Crippen LogP contribution in [0.25, 0.3) is 0 Å². The predicted octanol–water partition coefficient (Wildman–Crippen LogP) is 2.76. The van der Waals surface area contributed by atoms with Crippen molar-refractivity contribution in [2.45, 2.75) is 6.61 Å². The first-order chi connectivity index (χ1) is 4.84.